The molecule has 0 aliphatic heterocycles. The largest absolute Gasteiger partial charge is 0.309 e. The summed E-state index contributed by atoms with van der Waals surface area (Å²) >= 11 is 0. The molecule has 6 nitrogen and oxygen atoms in total. The Kier molecular flexibility index (Phi) is 20.9. The molecule has 0 aliphatic carbocycles. The molecule has 0 aliphatic rings. The van der Waals surface area contributed by atoms with Gasteiger partial charge in [-0.15, -0.1) is 0 Å². The number of hydrogen-bond donors (Lipinski definition) is 0. The minimum Gasteiger partial charge on any atom is -0.309 e. The summed E-state index contributed by atoms with van der Waals surface area (Å²) in [7, 11) is 0. The van der Waals surface area contributed by atoms with Crippen LogP contribution in [0.5, 0.6) is 0 Å². The van der Waals surface area contributed by atoms with Crippen molar-refractivity contribution in [3.05, 3.63) is 570 Å². The van der Waals surface area contributed by atoms with Crippen LogP contribution in [-0.4, -0.2) is 27.4 Å². The smallest absolute Gasteiger partial charge is 0.0541 e. The van der Waals surface area contributed by atoms with Gasteiger partial charge in [-0.1, -0.05) is 400 Å². The molecule has 6 heteroatoms. The van der Waals surface area contributed by atoms with Gasteiger partial charge in [0.05, 0.1) is 88.9 Å². The van der Waals surface area contributed by atoms with Crippen LogP contribution in [0.4, 0.5) is 0 Å². The summed E-state index contributed by atoms with van der Waals surface area (Å²) in [6, 6.07) is 208. The van der Waals surface area contributed by atoms with Crippen LogP contribution in [0, 0.1) is 0 Å². The molecule has 31 rings (SSSR count). The molecule has 0 fully saturated rings. The maximum atomic E-state index is 2.47. The van der Waals surface area contributed by atoms with Crippen molar-refractivity contribution >= 4 is 163 Å². The Balaban J connectivity index is 0.000000107. The maximum absolute atomic E-state index is 2.47. The average Bonchev–Trinajstić information content (AvgIpc) is 1.55. The van der Waals surface area contributed by atoms with Gasteiger partial charge in [-0.05, 0) is 258 Å². The predicted molar refractivity (Wildman–Crippen MR) is 636 cm³/mol. The van der Waals surface area contributed by atoms with Crippen molar-refractivity contribution in [2.75, 3.05) is 0 Å². The summed E-state index contributed by atoms with van der Waals surface area (Å²) in [5, 5.41) is 22.6. The van der Waals surface area contributed by atoms with Gasteiger partial charge in [0.15, 0.2) is 0 Å². The van der Waals surface area contributed by atoms with Crippen LogP contribution in [0.15, 0.2) is 570 Å². The van der Waals surface area contributed by atoms with Crippen molar-refractivity contribution in [1.29, 1.82) is 0 Å². The van der Waals surface area contributed by atoms with Crippen LogP contribution in [-0.2, 0) is 0 Å². The first-order valence-corrected chi connectivity index (χ1v) is 51.7. The lowest BCUT2D eigenvalue weighted by molar-refractivity contribution is 1.18. The highest BCUT2D eigenvalue weighted by molar-refractivity contribution is 6.20. The van der Waals surface area contributed by atoms with E-state index in [1.54, 1.807) is 0 Å². The molecule has 0 saturated carbocycles. The molecular weight excluding hydrogens is 1810 g/mol. The summed E-state index contributed by atoms with van der Waals surface area (Å²) in [6.45, 7) is 0. The van der Waals surface area contributed by atoms with Gasteiger partial charge in [0.25, 0.3) is 0 Å². The second kappa shape index (κ2) is 36.1. The van der Waals surface area contributed by atoms with Gasteiger partial charge < -0.3 is 27.4 Å². The highest BCUT2D eigenvalue weighted by atomic mass is 15.0. The van der Waals surface area contributed by atoms with Crippen molar-refractivity contribution < 1.29 is 0 Å². The predicted octanol–water partition coefficient (Wildman–Crippen LogP) is 38.8. The molecule has 0 spiro atoms. The van der Waals surface area contributed by atoms with Gasteiger partial charge in [-0.3, -0.25) is 0 Å². The topological polar surface area (TPSA) is 29.6 Å². The molecule has 0 bridgehead atoms. The SMILES string of the molecule is c1ccc(-c2ccccc2-n2c3ccccc3c3cc(-c4ccc5c(c4)c4ccccc4n5-c4ccccc4)ccc32)cc1.c1ccc(-c2ccccc2-n2c3ccccc3c3cc(-c4ccc5c(c4)c4ccccc4n5-c4ccccc4-c4cc5ccccc5c5ccccc45)ccc32)cc1.c1ccc(-n2c3ccccc3c3cc(-c4ccc5c(c4)c4ccccc4n5-c4ccccc4-c4ccc5ccccc5c4)ccc32)cc1. The minimum atomic E-state index is 1.17. The van der Waals surface area contributed by atoms with Crippen LogP contribution >= 0.6 is 0 Å². The zero-order chi connectivity index (χ0) is 98.8. The van der Waals surface area contributed by atoms with Crippen LogP contribution in [0.25, 0.3) is 275 Å². The summed E-state index contributed by atoms with van der Waals surface area (Å²) in [5.74, 6) is 0. The molecule has 6 aromatic heterocycles. The van der Waals surface area contributed by atoms with Crippen molar-refractivity contribution in [2.45, 2.75) is 0 Å². The molecule has 0 atom stereocenters. The van der Waals surface area contributed by atoms with Gasteiger partial charge in [-0.25, -0.2) is 0 Å². The zero-order valence-electron chi connectivity index (χ0n) is 82.0. The van der Waals surface area contributed by atoms with E-state index >= 15 is 0 Å². The molecular formula is C144H94N6. The molecule has 31 aromatic rings. The Labute approximate surface area is 866 Å². The summed E-state index contributed by atoms with van der Waals surface area (Å²) < 4.78 is 14.5. The Morgan fingerprint density at radius 2 is 0.320 bits per heavy atom. The third-order valence-corrected chi connectivity index (χ3v) is 30.9. The monoisotopic (exact) mass is 1910 g/mol. The Bertz CT molecular complexity index is 10800. The van der Waals surface area contributed by atoms with Gasteiger partial charge in [0, 0.05) is 98.3 Å². The molecule has 0 saturated heterocycles. The molecule has 25 aromatic carbocycles. The molecule has 0 amide bonds. The fraction of sp³-hybridized carbons (Fsp3) is 0. The van der Waals surface area contributed by atoms with Gasteiger partial charge >= 0.3 is 0 Å². The second-order valence-corrected chi connectivity index (χ2v) is 39.2. The number of rotatable bonds is 13. The lowest BCUT2D eigenvalue weighted by atomic mass is 9.92. The average molecular weight is 1910 g/mol. The first kappa shape index (κ1) is 86.7. The van der Waals surface area contributed by atoms with E-state index < -0.39 is 0 Å². The molecule has 700 valence electrons. The lowest BCUT2D eigenvalue weighted by Crippen LogP contribution is -1.97. The van der Waals surface area contributed by atoms with E-state index in [4.69, 9.17) is 0 Å². The van der Waals surface area contributed by atoms with Gasteiger partial charge in [-0.2, -0.15) is 0 Å². The zero-order valence-corrected chi connectivity index (χ0v) is 82.0. The molecule has 0 unspecified atom stereocenters. The number of aromatic nitrogens is 6. The lowest BCUT2D eigenvalue weighted by Gasteiger charge is -2.17. The fourth-order valence-electron chi connectivity index (χ4n) is 24.2. The minimum absolute atomic E-state index is 1.17. The maximum Gasteiger partial charge on any atom is 0.0541 e. The van der Waals surface area contributed by atoms with E-state index in [1.165, 1.54) is 275 Å². The van der Waals surface area contributed by atoms with E-state index in [0.29, 0.717) is 0 Å². The first-order chi connectivity index (χ1) is 74.5. The summed E-state index contributed by atoms with van der Waals surface area (Å²) in [4.78, 5) is 0. The Hall–Kier alpha value is -19.9. The highest BCUT2D eigenvalue weighted by Gasteiger charge is 2.26. The molecule has 0 N–H and O–H groups in total. The third kappa shape index (κ3) is 14.5. The number of fused-ring (bicyclic) bond motifs is 22. The van der Waals surface area contributed by atoms with E-state index in [2.05, 4.69) is 598 Å². The Morgan fingerprint density at radius 3 is 0.667 bits per heavy atom. The van der Waals surface area contributed by atoms with E-state index in [-0.39, 0.29) is 0 Å². The quantitative estimate of drug-likeness (QED) is 0.103. The fourth-order valence-corrected chi connectivity index (χ4v) is 24.2. The van der Waals surface area contributed by atoms with Gasteiger partial charge in [0.1, 0.15) is 0 Å². The van der Waals surface area contributed by atoms with Crippen molar-refractivity contribution in [2.24, 2.45) is 0 Å². The van der Waals surface area contributed by atoms with E-state index in [1.807, 2.05) is 0 Å². The van der Waals surface area contributed by atoms with E-state index in [0.717, 1.165) is 0 Å². The summed E-state index contributed by atoms with van der Waals surface area (Å²) in [5.41, 5.74) is 38.6. The number of benzene rings is 25. The first-order valence-electron chi connectivity index (χ1n) is 51.7. The highest BCUT2D eigenvalue weighted by Crippen LogP contribution is 2.49. The number of hydrogen-bond acceptors (Lipinski definition) is 0. The van der Waals surface area contributed by atoms with Crippen LogP contribution < -0.4 is 0 Å². The normalized spacial score (nSPS) is 11.7. The van der Waals surface area contributed by atoms with Gasteiger partial charge in [0.2, 0.25) is 0 Å². The van der Waals surface area contributed by atoms with Crippen LogP contribution in [0.2, 0.25) is 0 Å². The van der Waals surface area contributed by atoms with Crippen molar-refractivity contribution in [3.63, 3.8) is 0 Å². The standard InChI is InChI=1S/C56H36N2.C46H30N2.C42H28N2/c1-2-16-37(17-3-1)42-20-8-12-26-51(42)57-53-28-14-10-24-46(53)49-34-38(30-32-55(49)57)39-31-33-56-50(35-39)47-25-11-15-29-54(47)58(56)52-27-13-9-23-45(52)48-36-40-18-4-5-19-41(40)43-21-6-7-22-44(43)48;1-2-14-36(15-3-1)47-43-20-10-7-17-38(43)40-29-33(24-26-45(40)47)34-25-27-46-41(30-34)39-18-8-11-21-44(39)48(46)42-19-9-6-16-37(42)35-23-22-31-12-4-5-13-32(31)28-35;1-3-13-29(14-4-1)33-17-7-10-20-38(33)44-40-22-12-9-19-35(40)37-28-31(24-26-42(37)44)30-23-25-41-36(27-30)34-18-8-11-21-39(34)43(41)32-15-5-2-6-16-32/h1-36H;1-30H;1-28H. The van der Waals surface area contributed by atoms with Crippen LogP contribution in [0.3, 0.4) is 0 Å². The molecule has 6 heterocycles. The summed E-state index contributed by atoms with van der Waals surface area (Å²) in [6.07, 6.45) is 0. The number of nitrogens with zero attached hydrogens (tertiary/aromatic N) is 6. The van der Waals surface area contributed by atoms with E-state index in [9.17, 15) is 0 Å². The third-order valence-electron chi connectivity index (χ3n) is 30.9. The van der Waals surface area contributed by atoms with Crippen molar-refractivity contribution in [1.82, 2.24) is 27.4 Å². The Morgan fingerprint density at radius 1 is 0.0933 bits per heavy atom. The molecule has 0 radical (unpaired) electrons. The number of para-hydroxylation sites is 12. The second-order valence-electron chi connectivity index (χ2n) is 39.2. The molecule has 150 heavy (non-hydrogen) atoms. The van der Waals surface area contributed by atoms with Crippen LogP contribution in [0.1, 0.15) is 0 Å². The van der Waals surface area contributed by atoms with Crippen molar-refractivity contribution in [3.8, 4) is 112 Å².